The van der Waals surface area contributed by atoms with Gasteiger partial charge in [0.2, 0.25) is 8.32 Å². The molecule has 0 rings (SSSR count). The Labute approximate surface area is 108 Å². The topological polar surface area (TPSA) is 9.23 Å². The first-order valence-electron chi connectivity index (χ1n) is 6.37. The first-order chi connectivity index (χ1) is 7.74. The number of allylic oxidation sites excluding steroid dienone is 3. The highest BCUT2D eigenvalue weighted by Gasteiger charge is 2.38. The summed E-state index contributed by atoms with van der Waals surface area (Å²) in [4.78, 5) is 0. The van der Waals surface area contributed by atoms with Gasteiger partial charge in [0, 0.05) is 0 Å². The van der Waals surface area contributed by atoms with E-state index in [9.17, 15) is 0 Å². The van der Waals surface area contributed by atoms with Gasteiger partial charge in [-0.25, -0.2) is 0 Å². The SMILES string of the molecule is C=CCCC/C=C(\C=C)O[Si](C)(C)C(C)(C)C. The van der Waals surface area contributed by atoms with Gasteiger partial charge in [-0.15, -0.1) is 6.58 Å². The van der Waals surface area contributed by atoms with Crippen molar-refractivity contribution in [3.8, 4) is 0 Å². The molecule has 17 heavy (non-hydrogen) atoms. The van der Waals surface area contributed by atoms with Gasteiger partial charge in [-0.05, 0) is 49.5 Å². The Hall–Kier alpha value is -0.763. The lowest BCUT2D eigenvalue weighted by molar-refractivity contribution is 0.398. The highest BCUT2D eigenvalue weighted by molar-refractivity contribution is 6.74. The molecule has 1 nitrogen and oxygen atoms in total. The molecule has 0 aliphatic heterocycles. The summed E-state index contributed by atoms with van der Waals surface area (Å²) in [7, 11) is -1.72. The standard InChI is InChI=1S/C15H28OSi/c1-8-10-11-12-13-14(9-2)16-17(6,7)15(3,4)5/h8-9,13H,1-2,10-12H2,3-7H3/b14-13+. The summed E-state index contributed by atoms with van der Waals surface area (Å²) in [6.45, 7) is 18.8. The lowest BCUT2D eigenvalue weighted by Gasteiger charge is -2.36. The smallest absolute Gasteiger partial charge is 0.250 e. The fourth-order valence-electron chi connectivity index (χ4n) is 1.12. The molecular weight excluding hydrogens is 224 g/mol. The zero-order chi connectivity index (χ0) is 13.5. The van der Waals surface area contributed by atoms with Crippen LogP contribution in [0.2, 0.25) is 18.1 Å². The van der Waals surface area contributed by atoms with Crippen molar-refractivity contribution in [3.05, 3.63) is 37.1 Å². The van der Waals surface area contributed by atoms with E-state index in [1.807, 2.05) is 12.2 Å². The monoisotopic (exact) mass is 252 g/mol. The fourth-order valence-corrected chi connectivity index (χ4v) is 2.18. The van der Waals surface area contributed by atoms with Crippen LogP contribution in [0.25, 0.3) is 0 Å². The van der Waals surface area contributed by atoms with E-state index in [0.717, 1.165) is 25.0 Å². The number of rotatable bonds is 7. The van der Waals surface area contributed by atoms with Crippen molar-refractivity contribution in [3.63, 3.8) is 0 Å². The lowest BCUT2D eigenvalue weighted by Crippen LogP contribution is -2.40. The van der Waals surface area contributed by atoms with Crippen LogP contribution in [0, 0.1) is 0 Å². The predicted molar refractivity (Wildman–Crippen MR) is 80.6 cm³/mol. The van der Waals surface area contributed by atoms with Crippen molar-refractivity contribution in [2.45, 2.75) is 58.2 Å². The van der Waals surface area contributed by atoms with E-state index in [0.29, 0.717) is 0 Å². The molecule has 0 N–H and O–H groups in total. The Morgan fingerprint density at radius 2 is 1.76 bits per heavy atom. The largest absolute Gasteiger partial charge is 0.544 e. The zero-order valence-electron chi connectivity index (χ0n) is 12.2. The van der Waals surface area contributed by atoms with Crippen molar-refractivity contribution < 1.29 is 4.43 Å². The maximum atomic E-state index is 6.19. The summed E-state index contributed by atoms with van der Waals surface area (Å²) >= 11 is 0. The van der Waals surface area contributed by atoms with Crippen LogP contribution in [0.1, 0.15) is 40.0 Å². The van der Waals surface area contributed by atoms with E-state index in [1.54, 1.807) is 0 Å². The van der Waals surface area contributed by atoms with Crippen molar-refractivity contribution in [1.82, 2.24) is 0 Å². The molecule has 2 heteroatoms. The van der Waals surface area contributed by atoms with Crippen molar-refractivity contribution in [1.29, 1.82) is 0 Å². The first kappa shape index (κ1) is 16.2. The summed E-state index contributed by atoms with van der Waals surface area (Å²) in [6.07, 6.45) is 9.15. The Morgan fingerprint density at radius 1 is 1.18 bits per heavy atom. The van der Waals surface area contributed by atoms with Gasteiger partial charge in [-0.2, -0.15) is 0 Å². The first-order valence-corrected chi connectivity index (χ1v) is 9.28. The fraction of sp³-hybridized carbons (Fsp3) is 0.600. The van der Waals surface area contributed by atoms with E-state index in [2.05, 4.69) is 53.1 Å². The van der Waals surface area contributed by atoms with Crippen molar-refractivity contribution in [2.75, 3.05) is 0 Å². The van der Waals surface area contributed by atoms with Gasteiger partial charge >= 0.3 is 0 Å². The maximum Gasteiger partial charge on any atom is 0.250 e. The van der Waals surface area contributed by atoms with E-state index >= 15 is 0 Å². The molecule has 0 aromatic carbocycles. The molecule has 0 aromatic rings. The second-order valence-corrected chi connectivity index (χ2v) is 10.6. The molecule has 0 heterocycles. The van der Waals surface area contributed by atoms with Crippen molar-refractivity contribution in [2.24, 2.45) is 0 Å². The van der Waals surface area contributed by atoms with Crippen LogP contribution in [-0.4, -0.2) is 8.32 Å². The van der Waals surface area contributed by atoms with Gasteiger partial charge in [0.25, 0.3) is 0 Å². The summed E-state index contributed by atoms with van der Waals surface area (Å²) in [5.74, 6) is 0.945. The number of hydrogen-bond donors (Lipinski definition) is 0. The lowest BCUT2D eigenvalue weighted by atomic mass is 10.2. The molecule has 0 saturated carbocycles. The maximum absolute atomic E-state index is 6.19. The minimum Gasteiger partial charge on any atom is -0.544 e. The van der Waals surface area contributed by atoms with Crippen LogP contribution in [0.5, 0.6) is 0 Å². The Morgan fingerprint density at radius 3 is 2.18 bits per heavy atom. The number of hydrogen-bond acceptors (Lipinski definition) is 1. The molecule has 0 bridgehead atoms. The Balaban J connectivity index is 4.49. The van der Waals surface area contributed by atoms with Gasteiger partial charge in [0.1, 0.15) is 0 Å². The molecule has 0 atom stereocenters. The molecule has 0 fully saturated rings. The zero-order valence-corrected chi connectivity index (χ0v) is 13.2. The summed E-state index contributed by atoms with van der Waals surface area (Å²) in [5, 5.41) is 0.232. The third kappa shape index (κ3) is 5.92. The van der Waals surface area contributed by atoms with Crippen LogP contribution < -0.4 is 0 Å². The van der Waals surface area contributed by atoms with Gasteiger partial charge in [-0.1, -0.05) is 33.4 Å². The quantitative estimate of drug-likeness (QED) is 0.193. The highest BCUT2D eigenvalue weighted by Crippen LogP contribution is 2.38. The molecule has 0 aliphatic carbocycles. The molecule has 0 radical (unpaired) electrons. The molecule has 0 aliphatic rings. The minimum atomic E-state index is -1.72. The predicted octanol–water partition coefficient (Wildman–Crippen LogP) is 5.43. The third-order valence-electron chi connectivity index (χ3n) is 3.34. The summed E-state index contributed by atoms with van der Waals surface area (Å²) < 4.78 is 6.19. The van der Waals surface area contributed by atoms with Crippen LogP contribution in [0.4, 0.5) is 0 Å². The molecule has 0 unspecified atom stereocenters. The molecule has 0 saturated heterocycles. The molecular formula is C15H28OSi. The van der Waals surface area contributed by atoms with Crippen LogP contribution in [0.15, 0.2) is 37.1 Å². The molecule has 0 aromatic heterocycles. The van der Waals surface area contributed by atoms with Gasteiger partial charge in [0.05, 0.1) is 5.76 Å². The van der Waals surface area contributed by atoms with E-state index in [4.69, 9.17) is 4.43 Å². The van der Waals surface area contributed by atoms with Crippen molar-refractivity contribution >= 4 is 8.32 Å². The second kappa shape index (κ2) is 6.85. The van der Waals surface area contributed by atoms with Crippen LogP contribution in [0.3, 0.4) is 0 Å². The van der Waals surface area contributed by atoms with E-state index < -0.39 is 8.32 Å². The Kier molecular flexibility index (Phi) is 6.54. The Bertz CT molecular complexity index is 282. The molecule has 0 spiro atoms. The average molecular weight is 252 g/mol. The van der Waals surface area contributed by atoms with Crippen LogP contribution >= 0.6 is 0 Å². The van der Waals surface area contributed by atoms with Gasteiger partial charge in [0.15, 0.2) is 0 Å². The van der Waals surface area contributed by atoms with Crippen LogP contribution in [-0.2, 0) is 4.43 Å². The average Bonchev–Trinajstić information content (AvgIpc) is 2.20. The van der Waals surface area contributed by atoms with Gasteiger partial charge in [-0.3, -0.25) is 0 Å². The second-order valence-electron chi connectivity index (χ2n) is 5.89. The van der Waals surface area contributed by atoms with E-state index in [-0.39, 0.29) is 5.04 Å². The minimum absolute atomic E-state index is 0.232. The molecule has 98 valence electrons. The van der Waals surface area contributed by atoms with Gasteiger partial charge < -0.3 is 4.43 Å². The normalized spacial score (nSPS) is 13.4. The van der Waals surface area contributed by atoms with E-state index in [1.165, 1.54) is 0 Å². The number of unbranched alkanes of at least 4 members (excludes halogenated alkanes) is 2. The summed E-state index contributed by atoms with van der Waals surface area (Å²) in [6, 6.07) is 0. The third-order valence-corrected chi connectivity index (χ3v) is 7.70. The molecule has 0 amide bonds. The summed E-state index contributed by atoms with van der Waals surface area (Å²) in [5.41, 5.74) is 0. The highest BCUT2D eigenvalue weighted by atomic mass is 28.4.